The molecule has 0 radical (unpaired) electrons. The number of benzene rings is 2. The van der Waals surface area contributed by atoms with Crippen LogP contribution in [-0.2, 0) is 11.2 Å². The van der Waals surface area contributed by atoms with Gasteiger partial charge in [0, 0.05) is 4.47 Å². The molecule has 0 spiro atoms. The van der Waals surface area contributed by atoms with Crippen molar-refractivity contribution in [3.63, 3.8) is 0 Å². The summed E-state index contributed by atoms with van der Waals surface area (Å²) in [5, 5.41) is 3.21. The molecular formula is C18H18BrNO. The summed E-state index contributed by atoms with van der Waals surface area (Å²) in [6.07, 6.45) is 2.85. The van der Waals surface area contributed by atoms with E-state index in [0.717, 1.165) is 10.0 Å². The molecule has 1 N–H and O–H groups in total. The topological polar surface area (TPSA) is 29.1 Å². The van der Waals surface area contributed by atoms with Crippen LogP contribution in [0.3, 0.4) is 0 Å². The SMILES string of the molecule is O=C(Cc1ccc(Br)cc1)NC(c1ccccc1)C1CC1. The van der Waals surface area contributed by atoms with Gasteiger partial charge in [-0.05, 0) is 42.0 Å². The molecule has 1 saturated carbocycles. The molecule has 3 rings (SSSR count). The van der Waals surface area contributed by atoms with E-state index in [0.29, 0.717) is 12.3 Å². The summed E-state index contributed by atoms with van der Waals surface area (Å²) in [6.45, 7) is 0. The van der Waals surface area contributed by atoms with Gasteiger partial charge in [0.05, 0.1) is 12.5 Å². The van der Waals surface area contributed by atoms with Crippen molar-refractivity contribution >= 4 is 21.8 Å². The minimum Gasteiger partial charge on any atom is -0.349 e. The van der Waals surface area contributed by atoms with E-state index in [1.807, 2.05) is 42.5 Å². The second-order valence-electron chi connectivity index (χ2n) is 5.60. The Kier molecular flexibility index (Phi) is 4.39. The number of carbonyl (C=O) groups is 1. The van der Waals surface area contributed by atoms with Crippen LogP contribution in [0.15, 0.2) is 59.1 Å². The third-order valence-corrected chi connectivity index (χ3v) is 4.38. The lowest BCUT2D eigenvalue weighted by atomic mass is 10.0. The van der Waals surface area contributed by atoms with Crippen LogP contribution in [-0.4, -0.2) is 5.91 Å². The maximum absolute atomic E-state index is 12.3. The summed E-state index contributed by atoms with van der Waals surface area (Å²) in [5.74, 6) is 0.694. The van der Waals surface area contributed by atoms with Gasteiger partial charge in [-0.3, -0.25) is 4.79 Å². The van der Waals surface area contributed by atoms with E-state index < -0.39 is 0 Å². The maximum Gasteiger partial charge on any atom is 0.224 e. The second kappa shape index (κ2) is 6.44. The van der Waals surface area contributed by atoms with E-state index in [9.17, 15) is 4.79 Å². The normalized spacial score (nSPS) is 15.5. The Bertz CT molecular complexity index is 605. The first-order valence-corrected chi connectivity index (χ1v) is 8.10. The third-order valence-electron chi connectivity index (χ3n) is 3.85. The van der Waals surface area contributed by atoms with Crippen molar-refractivity contribution in [2.75, 3.05) is 0 Å². The zero-order chi connectivity index (χ0) is 14.7. The number of amides is 1. The lowest BCUT2D eigenvalue weighted by molar-refractivity contribution is -0.121. The molecule has 1 aliphatic carbocycles. The van der Waals surface area contributed by atoms with E-state index in [1.54, 1.807) is 0 Å². The number of hydrogen-bond donors (Lipinski definition) is 1. The summed E-state index contributed by atoms with van der Waals surface area (Å²) < 4.78 is 1.03. The van der Waals surface area contributed by atoms with E-state index in [-0.39, 0.29) is 11.9 Å². The first-order chi connectivity index (χ1) is 10.2. The molecule has 2 aromatic rings. The lowest BCUT2D eigenvalue weighted by Crippen LogP contribution is -2.31. The average molecular weight is 344 g/mol. The standard InChI is InChI=1S/C18H18BrNO/c19-16-10-6-13(7-11-16)12-17(21)20-18(15-8-9-15)14-4-2-1-3-5-14/h1-7,10-11,15,18H,8-9,12H2,(H,20,21). The Hall–Kier alpha value is -1.61. The Labute approximate surface area is 133 Å². The van der Waals surface area contributed by atoms with Crippen LogP contribution >= 0.6 is 15.9 Å². The summed E-state index contributed by atoms with van der Waals surface area (Å²) in [6, 6.07) is 18.3. The smallest absolute Gasteiger partial charge is 0.224 e. The van der Waals surface area contributed by atoms with Crippen molar-refractivity contribution in [1.82, 2.24) is 5.32 Å². The predicted molar refractivity (Wildman–Crippen MR) is 87.9 cm³/mol. The zero-order valence-electron chi connectivity index (χ0n) is 11.8. The Morgan fingerprint density at radius 3 is 2.38 bits per heavy atom. The van der Waals surface area contributed by atoms with Crippen molar-refractivity contribution in [2.45, 2.75) is 25.3 Å². The van der Waals surface area contributed by atoms with E-state index in [4.69, 9.17) is 0 Å². The van der Waals surface area contributed by atoms with Gasteiger partial charge in [-0.1, -0.05) is 58.4 Å². The highest BCUT2D eigenvalue weighted by Crippen LogP contribution is 2.40. The molecule has 0 aromatic heterocycles. The van der Waals surface area contributed by atoms with Crippen molar-refractivity contribution in [1.29, 1.82) is 0 Å². The molecule has 0 saturated heterocycles. The molecule has 1 atom stereocenters. The molecule has 0 aliphatic heterocycles. The Balaban J connectivity index is 1.66. The fourth-order valence-electron chi connectivity index (χ4n) is 2.58. The molecule has 3 heteroatoms. The van der Waals surface area contributed by atoms with Crippen LogP contribution in [0.1, 0.15) is 30.0 Å². The molecule has 0 heterocycles. The third kappa shape index (κ3) is 3.94. The highest BCUT2D eigenvalue weighted by Gasteiger charge is 2.33. The number of rotatable bonds is 5. The van der Waals surface area contributed by atoms with E-state index in [1.165, 1.54) is 18.4 Å². The van der Waals surface area contributed by atoms with E-state index >= 15 is 0 Å². The number of carbonyl (C=O) groups excluding carboxylic acids is 1. The maximum atomic E-state index is 12.3. The first kappa shape index (κ1) is 14.3. The predicted octanol–water partition coefficient (Wildman–Crippen LogP) is 4.26. The fourth-order valence-corrected chi connectivity index (χ4v) is 2.84. The van der Waals surface area contributed by atoms with Crippen LogP contribution in [0.4, 0.5) is 0 Å². The second-order valence-corrected chi connectivity index (χ2v) is 6.51. The minimum atomic E-state index is 0.0954. The van der Waals surface area contributed by atoms with E-state index in [2.05, 4.69) is 33.4 Å². The molecule has 21 heavy (non-hydrogen) atoms. The first-order valence-electron chi connectivity index (χ1n) is 7.31. The molecule has 1 fully saturated rings. The van der Waals surface area contributed by atoms with Crippen molar-refractivity contribution in [2.24, 2.45) is 5.92 Å². The van der Waals surface area contributed by atoms with Crippen LogP contribution in [0.25, 0.3) is 0 Å². The van der Waals surface area contributed by atoms with Gasteiger partial charge in [-0.2, -0.15) is 0 Å². The van der Waals surface area contributed by atoms with Crippen molar-refractivity contribution < 1.29 is 4.79 Å². The Morgan fingerprint density at radius 2 is 1.76 bits per heavy atom. The highest BCUT2D eigenvalue weighted by atomic mass is 79.9. The summed E-state index contributed by atoms with van der Waals surface area (Å²) in [5.41, 5.74) is 2.25. The van der Waals surface area contributed by atoms with Gasteiger partial charge in [-0.25, -0.2) is 0 Å². The molecule has 2 aromatic carbocycles. The van der Waals surface area contributed by atoms with Crippen LogP contribution in [0.2, 0.25) is 0 Å². The van der Waals surface area contributed by atoms with Crippen molar-refractivity contribution in [3.05, 3.63) is 70.2 Å². The zero-order valence-corrected chi connectivity index (χ0v) is 13.3. The van der Waals surface area contributed by atoms with Gasteiger partial charge in [0.15, 0.2) is 0 Å². The number of hydrogen-bond acceptors (Lipinski definition) is 1. The monoisotopic (exact) mass is 343 g/mol. The Morgan fingerprint density at radius 1 is 1.10 bits per heavy atom. The molecular weight excluding hydrogens is 326 g/mol. The minimum absolute atomic E-state index is 0.0954. The van der Waals surface area contributed by atoms with Gasteiger partial charge in [0.2, 0.25) is 5.91 Å². The van der Waals surface area contributed by atoms with Gasteiger partial charge in [-0.15, -0.1) is 0 Å². The quantitative estimate of drug-likeness (QED) is 0.863. The molecule has 1 amide bonds. The van der Waals surface area contributed by atoms with Crippen LogP contribution < -0.4 is 5.32 Å². The molecule has 2 nitrogen and oxygen atoms in total. The molecule has 1 aliphatic rings. The molecule has 1 unspecified atom stereocenters. The largest absolute Gasteiger partial charge is 0.349 e. The lowest BCUT2D eigenvalue weighted by Gasteiger charge is -2.19. The van der Waals surface area contributed by atoms with Crippen LogP contribution in [0, 0.1) is 5.92 Å². The van der Waals surface area contributed by atoms with Gasteiger partial charge in [0.25, 0.3) is 0 Å². The summed E-state index contributed by atoms with van der Waals surface area (Å²) in [4.78, 5) is 12.3. The fraction of sp³-hybridized carbons (Fsp3) is 0.278. The van der Waals surface area contributed by atoms with Gasteiger partial charge in [0.1, 0.15) is 0 Å². The van der Waals surface area contributed by atoms with Crippen molar-refractivity contribution in [3.8, 4) is 0 Å². The number of halogens is 1. The average Bonchev–Trinajstić information content (AvgIpc) is 3.33. The van der Waals surface area contributed by atoms with Crippen LogP contribution in [0.5, 0.6) is 0 Å². The summed E-state index contributed by atoms with van der Waals surface area (Å²) >= 11 is 3.41. The number of nitrogens with one attached hydrogen (secondary N) is 1. The van der Waals surface area contributed by atoms with Gasteiger partial charge < -0.3 is 5.32 Å². The van der Waals surface area contributed by atoms with Gasteiger partial charge >= 0.3 is 0 Å². The molecule has 108 valence electrons. The summed E-state index contributed by atoms with van der Waals surface area (Å²) in [7, 11) is 0. The molecule has 0 bridgehead atoms. The highest BCUT2D eigenvalue weighted by molar-refractivity contribution is 9.10.